The van der Waals surface area contributed by atoms with E-state index in [9.17, 15) is 9.59 Å². The van der Waals surface area contributed by atoms with Gasteiger partial charge in [0.25, 0.3) is 5.91 Å². The maximum Gasteiger partial charge on any atom is 0.369 e. The van der Waals surface area contributed by atoms with Crippen molar-refractivity contribution < 1.29 is 9.78 Å². The van der Waals surface area contributed by atoms with Crippen molar-refractivity contribution in [3.05, 3.63) is 100 Å². The summed E-state index contributed by atoms with van der Waals surface area (Å²) in [5.74, 6) is 0.165. The number of amides is 1. The molecule has 0 saturated heterocycles. The molecule has 0 fully saturated rings. The first-order valence-corrected chi connectivity index (χ1v) is 9.75. The lowest BCUT2D eigenvalue weighted by Crippen LogP contribution is -2.44. The number of para-hydroxylation sites is 1. The number of aromatic amines is 1. The van der Waals surface area contributed by atoms with Crippen LogP contribution >= 0.6 is 12.2 Å². The smallest absolute Gasteiger partial charge is 0.296 e. The van der Waals surface area contributed by atoms with Crippen LogP contribution < -0.4 is 21.3 Å². The third kappa shape index (κ3) is 3.97. The van der Waals surface area contributed by atoms with Crippen LogP contribution in [0.15, 0.2) is 83.7 Å². The number of fused-ring (bicyclic) bond motifs is 1. The number of rotatable bonds is 3. The molecule has 0 spiro atoms. The third-order valence-corrected chi connectivity index (χ3v) is 4.83. The Morgan fingerprint density at radius 2 is 1.60 bits per heavy atom. The summed E-state index contributed by atoms with van der Waals surface area (Å²) in [6.45, 7) is 1.95. The number of hydrogen-bond donors (Lipinski definition) is 2. The molecule has 4 rings (SSSR count). The van der Waals surface area contributed by atoms with Crippen LogP contribution in [0.2, 0.25) is 0 Å². The molecule has 0 atom stereocenters. The number of nitrogens with zero attached hydrogens (tertiary/aromatic N) is 1. The van der Waals surface area contributed by atoms with Gasteiger partial charge in [0.15, 0.2) is 0 Å². The highest BCUT2D eigenvalue weighted by molar-refractivity contribution is 7.80. The normalized spacial score (nSPS) is 10.6. The fraction of sp³-hybridized carbons (Fsp3) is 0.0435. The quantitative estimate of drug-likeness (QED) is 0.504. The van der Waals surface area contributed by atoms with E-state index in [-0.39, 0.29) is 16.6 Å². The number of benzene rings is 3. The lowest BCUT2D eigenvalue weighted by molar-refractivity contribution is -0.337. The summed E-state index contributed by atoms with van der Waals surface area (Å²) >= 11 is 5.31. The van der Waals surface area contributed by atoms with Crippen LogP contribution in [0.5, 0.6) is 0 Å². The second-order valence-electron chi connectivity index (χ2n) is 6.79. The van der Waals surface area contributed by atoms with E-state index in [1.54, 1.807) is 24.3 Å². The van der Waals surface area contributed by atoms with Gasteiger partial charge in [0.2, 0.25) is 5.11 Å². The summed E-state index contributed by atoms with van der Waals surface area (Å²) in [6.07, 6.45) is 0. The van der Waals surface area contributed by atoms with Crippen LogP contribution in [-0.4, -0.2) is 15.7 Å². The molecule has 1 amide bonds. The van der Waals surface area contributed by atoms with Crippen LogP contribution in [0.4, 0.5) is 0 Å². The van der Waals surface area contributed by atoms with E-state index in [4.69, 9.17) is 12.2 Å². The van der Waals surface area contributed by atoms with Gasteiger partial charge in [0.1, 0.15) is 10.9 Å². The molecule has 0 aliphatic heterocycles. The number of hydrogen-bond acceptors (Lipinski definition) is 3. The molecule has 3 aromatic carbocycles. The third-order valence-electron chi connectivity index (χ3n) is 4.64. The maximum atomic E-state index is 13.2. The highest BCUT2D eigenvalue weighted by Crippen LogP contribution is 2.14. The van der Waals surface area contributed by atoms with E-state index < -0.39 is 0 Å². The van der Waals surface area contributed by atoms with Crippen molar-refractivity contribution in [2.75, 3.05) is 5.43 Å². The van der Waals surface area contributed by atoms with Crippen molar-refractivity contribution >= 4 is 34.1 Å². The molecular formula is C23H19N4O2S+. The molecule has 6 nitrogen and oxygen atoms in total. The van der Waals surface area contributed by atoms with Gasteiger partial charge in [-0.1, -0.05) is 52.7 Å². The van der Waals surface area contributed by atoms with Gasteiger partial charge in [0, 0.05) is 5.56 Å². The second-order valence-corrected chi connectivity index (χ2v) is 7.20. The van der Waals surface area contributed by atoms with E-state index in [1.807, 2.05) is 61.5 Å². The monoisotopic (exact) mass is 415 g/mol. The molecule has 4 aromatic rings. The van der Waals surface area contributed by atoms with Gasteiger partial charge in [-0.05, 0) is 55.5 Å². The number of carbonyl (C=O) groups is 1. The fourth-order valence-electron chi connectivity index (χ4n) is 3.10. The Kier molecular flexibility index (Phi) is 5.36. The molecule has 1 heterocycles. The van der Waals surface area contributed by atoms with E-state index in [0.717, 1.165) is 11.1 Å². The van der Waals surface area contributed by atoms with E-state index >= 15 is 0 Å². The molecule has 0 unspecified atom stereocenters. The number of carbonyl (C=O) groups excluding carboxylic acids is 1. The molecule has 0 bridgehead atoms. The molecule has 7 heteroatoms. The van der Waals surface area contributed by atoms with Crippen molar-refractivity contribution in [1.82, 2.24) is 9.99 Å². The molecule has 0 saturated carbocycles. The standard InChI is InChI=1S/C23H18N4O2S/c1-15-11-13-17(14-12-15)21(28)25-23(30)26-27-20(16-7-3-2-4-8-16)24-19-10-6-5-9-18(19)22(27)29/h2-14H,1H3,(H2,25,26,28,30)/p+1. The van der Waals surface area contributed by atoms with Crippen molar-refractivity contribution in [3.8, 4) is 11.4 Å². The number of aromatic nitrogens is 2. The van der Waals surface area contributed by atoms with E-state index in [2.05, 4.69) is 15.7 Å². The van der Waals surface area contributed by atoms with Crippen LogP contribution in [0, 0.1) is 6.92 Å². The molecule has 0 aliphatic rings. The van der Waals surface area contributed by atoms with Gasteiger partial charge in [-0.3, -0.25) is 10.1 Å². The Labute approximate surface area is 178 Å². The summed E-state index contributed by atoms with van der Waals surface area (Å²) < 4.78 is 1.31. The van der Waals surface area contributed by atoms with Crippen molar-refractivity contribution in [2.24, 2.45) is 0 Å². The van der Waals surface area contributed by atoms with Crippen molar-refractivity contribution in [3.63, 3.8) is 0 Å². The lowest BCUT2D eigenvalue weighted by atomic mass is 10.1. The minimum absolute atomic E-state index is 0.0172. The Balaban J connectivity index is 1.70. The molecule has 30 heavy (non-hydrogen) atoms. The van der Waals surface area contributed by atoms with Crippen molar-refractivity contribution in [2.45, 2.75) is 6.92 Å². The molecular weight excluding hydrogens is 396 g/mol. The fourth-order valence-corrected chi connectivity index (χ4v) is 3.28. The van der Waals surface area contributed by atoms with Crippen LogP contribution in [0.1, 0.15) is 15.9 Å². The summed E-state index contributed by atoms with van der Waals surface area (Å²) in [6, 6.07) is 23.8. The number of aryl methyl sites for hydroxylation is 1. The van der Waals surface area contributed by atoms with E-state index in [0.29, 0.717) is 22.3 Å². The summed E-state index contributed by atoms with van der Waals surface area (Å²) in [7, 11) is 0. The number of thiocarbonyl (C=S) groups is 1. The zero-order valence-corrected chi connectivity index (χ0v) is 17.0. The van der Waals surface area contributed by atoms with Gasteiger partial charge in [-0.2, -0.15) is 5.43 Å². The largest absolute Gasteiger partial charge is 0.369 e. The minimum Gasteiger partial charge on any atom is -0.296 e. The lowest BCUT2D eigenvalue weighted by Gasteiger charge is -2.10. The summed E-state index contributed by atoms with van der Waals surface area (Å²) in [4.78, 5) is 28.9. The maximum absolute atomic E-state index is 13.2. The van der Waals surface area contributed by atoms with Crippen LogP contribution in [-0.2, 0) is 0 Å². The molecule has 148 valence electrons. The van der Waals surface area contributed by atoms with Crippen LogP contribution in [0.25, 0.3) is 22.3 Å². The first kappa shape index (κ1) is 19.5. The SMILES string of the molecule is Cc1ccc(C(=O)NC(=S)Nn2c(-c3ccccc3)[nH+]c3ccccc3c2=O)cc1. The molecule has 0 radical (unpaired) electrons. The van der Waals surface area contributed by atoms with Gasteiger partial charge in [-0.25, -0.2) is 9.78 Å². The number of nitrogens with one attached hydrogen (secondary N) is 3. The Morgan fingerprint density at radius 1 is 0.933 bits per heavy atom. The van der Waals surface area contributed by atoms with Gasteiger partial charge in [0.05, 0.1) is 5.56 Å². The Morgan fingerprint density at radius 3 is 2.33 bits per heavy atom. The Hall–Kier alpha value is -3.84. The molecule has 1 aromatic heterocycles. The van der Waals surface area contributed by atoms with Gasteiger partial charge < -0.3 is 0 Å². The highest BCUT2D eigenvalue weighted by atomic mass is 32.1. The minimum atomic E-state index is -0.355. The Bertz CT molecular complexity index is 1300. The van der Waals surface area contributed by atoms with E-state index in [1.165, 1.54) is 4.68 Å². The van der Waals surface area contributed by atoms with Crippen molar-refractivity contribution in [1.29, 1.82) is 0 Å². The average molecular weight is 415 g/mol. The zero-order valence-electron chi connectivity index (χ0n) is 16.2. The van der Waals surface area contributed by atoms with Gasteiger partial charge in [-0.15, -0.1) is 0 Å². The van der Waals surface area contributed by atoms with Gasteiger partial charge >= 0.3 is 11.4 Å². The zero-order chi connectivity index (χ0) is 21.1. The summed E-state index contributed by atoms with van der Waals surface area (Å²) in [5.41, 5.74) is 5.60. The first-order valence-electron chi connectivity index (χ1n) is 9.34. The first-order chi connectivity index (χ1) is 14.5. The summed E-state index contributed by atoms with van der Waals surface area (Å²) in [5, 5.41) is 3.14. The molecule has 0 aliphatic carbocycles. The average Bonchev–Trinajstić information content (AvgIpc) is 2.76. The predicted octanol–water partition coefficient (Wildman–Crippen LogP) is 3.05. The predicted molar refractivity (Wildman–Crippen MR) is 121 cm³/mol. The highest BCUT2D eigenvalue weighted by Gasteiger charge is 2.21. The van der Waals surface area contributed by atoms with Crippen LogP contribution in [0.3, 0.4) is 0 Å². The second kappa shape index (κ2) is 8.26. The topological polar surface area (TPSA) is 77.3 Å². The number of H-pyrrole nitrogens is 1. The molecule has 3 N–H and O–H groups in total.